The molecule has 4 rings (SSSR count). The SMILES string of the molecule is O=C(O)c1cnn2ccc(-c3ccnn3C3CCCCO3)nc12. The summed E-state index contributed by atoms with van der Waals surface area (Å²) in [6.07, 6.45) is 7.67. The normalized spacial score (nSPS) is 18.3. The molecule has 1 aliphatic heterocycles. The van der Waals surface area contributed by atoms with Gasteiger partial charge in [0.25, 0.3) is 0 Å². The quantitative estimate of drug-likeness (QED) is 0.794. The fraction of sp³-hybridized carbons (Fsp3) is 0.333. The Hall–Kier alpha value is -2.74. The molecule has 0 bridgehead atoms. The van der Waals surface area contributed by atoms with Crippen molar-refractivity contribution in [3.63, 3.8) is 0 Å². The largest absolute Gasteiger partial charge is 0.477 e. The molecule has 23 heavy (non-hydrogen) atoms. The van der Waals surface area contributed by atoms with Crippen LogP contribution in [0.25, 0.3) is 17.0 Å². The number of rotatable bonds is 3. The molecular weight excluding hydrogens is 298 g/mol. The van der Waals surface area contributed by atoms with Gasteiger partial charge in [0.1, 0.15) is 5.56 Å². The molecule has 4 heterocycles. The van der Waals surface area contributed by atoms with Crippen LogP contribution in [0.4, 0.5) is 0 Å². The standard InChI is InChI=1S/C15H15N5O3/c21-15(22)10-9-17-19-7-5-11(18-14(10)19)12-4-6-16-20(12)13-3-1-2-8-23-13/h4-7,9,13H,1-3,8H2,(H,21,22). The van der Waals surface area contributed by atoms with Crippen molar-refractivity contribution < 1.29 is 14.6 Å². The van der Waals surface area contributed by atoms with E-state index in [0.29, 0.717) is 11.3 Å². The van der Waals surface area contributed by atoms with E-state index in [1.807, 2.05) is 10.7 Å². The van der Waals surface area contributed by atoms with Gasteiger partial charge < -0.3 is 9.84 Å². The summed E-state index contributed by atoms with van der Waals surface area (Å²) in [6.45, 7) is 0.724. The highest BCUT2D eigenvalue weighted by molar-refractivity contribution is 5.94. The van der Waals surface area contributed by atoms with Gasteiger partial charge in [0.05, 0.1) is 17.6 Å². The molecule has 0 saturated carbocycles. The fourth-order valence-corrected chi connectivity index (χ4v) is 2.83. The molecule has 0 aliphatic carbocycles. The van der Waals surface area contributed by atoms with E-state index in [-0.39, 0.29) is 11.8 Å². The molecule has 3 aromatic rings. The molecule has 1 saturated heterocycles. The van der Waals surface area contributed by atoms with Crippen molar-refractivity contribution in [3.05, 3.63) is 36.3 Å². The molecule has 0 amide bonds. The Balaban J connectivity index is 1.79. The van der Waals surface area contributed by atoms with Crippen LogP contribution in [0.5, 0.6) is 0 Å². The zero-order valence-corrected chi connectivity index (χ0v) is 12.3. The average molecular weight is 313 g/mol. The molecule has 0 spiro atoms. The first-order valence-electron chi connectivity index (χ1n) is 7.47. The van der Waals surface area contributed by atoms with Gasteiger partial charge in [0, 0.05) is 19.0 Å². The first kappa shape index (κ1) is 13.9. The highest BCUT2D eigenvalue weighted by Crippen LogP contribution is 2.27. The second-order valence-electron chi connectivity index (χ2n) is 5.43. The molecule has 0 aromatic carbocycles. The van der Waals surface area contributed by atoms with Crippen molar-refractivity contribution in [2.75, 3.05) is 6.61 Å². The van der Waals surface area contributed by atoms with Gasteiger partial charge >= 0.3 is 5.97 Å². The van der Waals surface area contributed by atoms with Gasteiger partial charge in [-0.05, 0) is 31.4 Å². The van der Waals surface area contributed by atoms with Crippen LogP contribution in [-0.4, -0.2) is 42.1 Å². The van der Waals surface area contributed by atoms with E-state index < -0.39 is 5.97 Å². The van der Waals surface area contributed by atoms with E-state index in [1.165, 1.54) is 10.7 Å². The van der Waals surface area contributed by atoms with Crippen molar-refractivity contribution in [2.24, 2.45) is 0 Å². The Labute approximate surface area is 131 Å². The number of carbonyl (C=O) groups is 1. The van der Waals surface area contributed by atoms with E-state index in [1.54, 1.807) is 18.5 Å². The third-order valence-electron chi connectivity index (χ3n) is 3.96. The average Bonchev–Trinajstić information content (AvgIpc) is 3.22. The molecular formula is C15H15N5O3. The van der Waals surface area contributed by atoms with Crippen LogP contribution >= 0.6 is 0 Å². The molecule has 8 nitrogen and oxygen atoms in total. The Bertz CT molecular complexity index is 863. The second-order valence-corrected chi connectivity index (χ2v) is 5.43. The van der Waals surface area contributed by atoms with E-state index in [9.17, 15) is 9.90 Å². The van der Waals surface area contributed by atoms with Gasteiger partial charge in [-0.2, -0.15) is 10.2 Å². The minimum atomic E-state index is -1.05. The summed E-state index contributed by atoms with van der Waals surface area (Å²) in [6, 6.07) is 3.65. The lowest BCUT2D eigenvalue weighted by atomic mass is 10.2. The summed E-state index contributed by atoms with van der Waals surface area (Å²) in [5.74, 6) is -1.05. The first-order valence-corrected chi connectivity index (χ1v) is 7.47. The van der Waals surface area contributed by atoms with E-state index in [0.717, 1.165) is 31.6 Å². The van der Waals surface area contributed by atoms with Crippen molar-refractivity contribution in [1.29, 1.82) is 0 Å². The van der Waals surface area contributed by atoms with Gasteiger partial charge in [0.2, 0.25) is 0 Å². The van der Waals surface area contributed by atoms with Crippen LogP contribution in [0, 0.1) is 0 Å². The van der Waals surface area contributed by atoms with Gasteiger partial charge in [-0.3, -0.25) is 0 Å². The molecule has 1 N–H and O–H groups in total. The highest BCUT2D eigenvalue weighted by Gasteiger charge is 2.21. The zero-order valence-electron chi connectivity index (χ0n) is 12.3. The Morgan fingerprint density at radius 2 is 2.22 bits per heavy atom. The lowest BCUT2D eigenvalue weighted by Gasteiger charge is -2.24. The number of aromatic carboxylic acids is 1. The summed E-state index contributed by atoms with van der Waals surface area (Å²) < 4.78 is 9.04. The van der Waals surface area contributed by atoms with Crippen molar-refractivity contribution in [1.82, 2.24) is 24.4 Å². The maximum atomic E-state index is 11.3. The van der Waals surface area contributed by atoms with E-state index >= 15 is 0 Å². The van der Waals surface area contributed by atoms with E-state index in [2.05, 4.69) is 15.2 Å². The third-order valence-corrected chi connectivity index (χ3v) is 3.96. The van der Waals surface area contributed by atoms with Crippen LogP contribution in [-0.2, 0) is 4.74 Å². The number of hydrogen-bond acceptors (Lipinski definition) is 5. The predicted octanol–water partition coefficient (Wildman–Crippen LogP) is 1.99. The minimum Gasteiger partial charge on any atom is -0.477 e. The van der Waals surface area contributed by atoms with Gasteiger partial charge in [0.15, 0.2) is 11.9 Å². The summed E-state index contributed by atoms with van der Waals surface area (Å²) in [5, 5.41) is 17.6. The number of hydrogen-bond donors (Lipinski definition) is 1. The predicted molar refractivity (Wildman–Crippen MR) is 80.0 cm³/mol. The summed E-state index contributed by atoms with van der Waals surface area (Å²) in [4.78, 5) is 15.7. The number of aromatic nitrogens is 5. The van der Waals surface area contributed by atoms with Crippen LogP contribution in [0.1, 0.15) is 35.8 Å². The van der Waals surface area contributed by atoms with Crippen molar-refractivity contribution >= 4 is 11.6 Å². The molecule has 3 aromatic heterocycles. The Morgan fingerprint density at radius 3 is 3.00 bits per heavy atom. The van der Waals surface area contributed by atoms with Crippen LogP contribution in [0.2, 0.25) is 0 Å². The van der Waals surface area contributed by atoms with E-state index in [4.69, 9.17) is 4.74 Å². The van der Waals surface area contributed by atoms with Crippen molar-refractivity contribution in [2.45, 2.75) is 25.5 Å². The summed E-state index contributed by atoms with van der Waals surface area (Å²) in [5.41, 5.74) is 1.84. The van der Waals surface area contributed by atoms with Crippen molar-refractivity contribution in [3.8, 4) is 11.4 Å². The van der Waals surface area contributed by atoms with Crippen LogP contribution in [0.3, 0.4) is 0 Å². The van der Waals surface area contributed by atoms with Crippen LogP contribution in [0.15, 0.2) is 30.7 Å². The molecule has 1 unspecified atom stereocenters. The summed E-state index contributed by atoms with van der Waals surface area (Å²) in [7, 11) is 0. The van der Waals surface area contributed by atoms with Gasteiger partial charge in [-0.15, -0.1) is 0 Å². The zero-order chi connectivity index (χ0) is 15.8. The monoisotopic (exact) mass is 313 g/mol. The number of nitrogens with zero attached hydrogens (tertiary/aromatic N) is 5. The second kappa shape index (κ2) is 5.47. The van der Waals surface area contributed by atoms with Gasteiger partial charge in [-0.1, -0.05) is 0 Å². The van der Waals surface area contributed by atoms with Crippen LogP contribution < -0.4 is 0 Å². The minimum absolute atomic E-state index is 0.0758. The molecule has 0 radical (unpaired) electrons. The Morgan fingerprint density at radius 1 is 1.30 bits per heavy atom. The van der Waals surface area contributed by atoms with Gasteiger partial charge in [-0.25, -0.2) is 19.0 Å². The lowest BCUT2D eigenvalue weighted by Crippen LogP contribution is -2.20. The topological polar surface area (TPSA) is 94.5 Å². The lowest BCUT2D eigenvalue weighted by molar-refractivity contribution is -0.0384. The number of ether oxygens (including phenoxy) is 1. The molecule has 8 heteroatoms. The number of carboxylic acids is 1. The summed E-state index contributed by atoms with van der Waals surface area (Å²) >= 11 is 0. The number of fused-ring (bicyclic) bond motifs is 1. The molecule has 1 atom stereocenters. The maximum Gasteiger partial charge on any atom is 0.341 e. The first-order chi connectivity index (χ1) is 11.2. The molecule has 118 valence electrons. The fourth-order valence-electron chi connectivity index (χ4n) is 2.83. The smallest absolute Gasteiger partial charge is 0.341 e. The molecule has 1 aliphatic rings. The Kier molecular flexibility index (Phi) is 3.30. The maximum absolute atomic E-state index is 11.3. The third kappa shape index (κ3) is 2.36. The highest BCUT2D eigenvalue weighted by atomic mass is 16.5. The number of carboxylic acid groups (broad SMARTS) is 1. The molecule has 1 fully saturated rings.